The summed E-state index contributed by atoms with van der Waals surface area (Å²) < 4.78 is 32.8. The lowest BCUT2D eigenvalue weighted by atomic mass is 10.1. The molecule has 1 aromatic heterocycles. The number of ether oxygens (including phenoxy) is 3. The molecular weight excluding hydrogens is 702 g/mol. The number of nitrogens with zero attached hydrogens (tertiary/aromatic N) is 5. The maximum Gasteiger partial charge on any atom is 0.425 e. The van der Waals surface area contributed by atoms with E-state index in [0.717, 1.165) is 75.2 Å². The number of aromatic nitrogens is 2. The van der Waals surface area contributed by atoms with Gasteiger partial charge in [-0.25, -0.2) is 19.1 Å². The maximum atomic E-state index is 15.2. The number of benzene rings is 3. The molecule has 2 heterocycles. The molecule has 2 amide bonds. The van der Waals surface area contributed by atoms with Crippen molar-refractivity contribution in [2.75, 3.05) is 69.7 Å². The lowest BCUT2D eigenvalue weighted by Gasteiger charge is -2.34. The number of rotatable bonds is 18. The first-order chi connectivity index (χ1) is 26.7. The number of para-hydroxylation sites is 1. The number of hydrogen-bond acceptors (Lipinski definition) is 10. The third-order valence-electron chi connectivity index (χ3n) is 9.49. The van der Waals surface area contributed by atoms with Crippen LogP contribution >= 0.6 is 0 Å². The second-order valence-electron chi connectivity index (χ2n) is 13.7. The molecule has 55 heavy (non-hydrogen) atoms. The molecule has 0 unspecified atom stereocenters. The average Bonchev–Trinajstić information content (AvgIpc) is 3.18. The number of halogens is 1. The Kier molecular flexibility index (Phi) is 15.2. The van der Waals surface area contributed by atoms with Crippen LogP contribution < -0.4 is 29.7 Å². The first-order valence-corrected chi connectivity index (χ1v) is 19.2. The van der Waals surface area contributed by atoms with Gasteiger partial charge in [-0.3, -0.25) is 9.69 Å². The molecular formula is C42H54FN7O5. The normalized spacial score (nSPS) is 13.3. The Bertz CT molecular complexity index is 1860. The van der Waals surface area contributed by atoms with E-state index in [-0.39, 0.29) is 23.4 Å². The van der Waals surface area contributed by atoms with Gasteiger partial charge in [-0.1, -0.05) is 44.5 Å². The van der Waals surface area contributed by atoms with Crippen LogP contribution in [0, 0.1) is 19.7 Å². The highest BCUT2D eigenvalue weighted by Crippen LogP contribution is 2.36. The molecule has 0 radical (unpaired) electrons. The molecule has 0 saturated carbocycles. The van der Waals surface area contributed by atoms with E-state index in [2.05, 4.69) is 44.2 Å². The van der Waals surface area contributed by atoms with Gasteiger partial charge < -0.3 is 29.7 Å². The summed E-state index contributed by atoms with van der Waals surface area (Å²) in [5.41, 5.74) is 3.21. The zero-order chi connectivity index (χ0) is 39.2. The number of amides is 2. The van der Waals surface area contributed by atoms with Crippen molar-refractivity contribution < 1.29 is 28.2 Å². The van der Waals surface area contributed by atoms with Crippen molar-refractivity contribution in [2.45, 2.75) is 59.8 Å². The van der Waals surface area contributed by atoms with Crippen LogP contribution in [0.2, 0.25) is 0 Å². The molecule has 5 rings (SSSR count). The van der Waals surface area contributed by atoms with Crippen LogP contribution in [0.1, 0.15) is 56.2 Å². The minimum Gasteiger partial charge on any atom is -0.495 e. The van der Waals surface area contributed by atoms with E-state index in [1.807, 2.05) is 38.1 Å². The minimum absolute atomic E-state index is 0.0229. The van der Waals surface area contributed by atoms with Gasteiger partial charge in [0.2, 0.25) is 11.9 Å². The number of carbonyl (C=O) groups is 2. The molecule has 1 aliphatic heterocycles. The van der Waals surface area contributed by atoms with Gasteiger partial charge in [0.05, 0.1) is 12.8 Å². The van der Waals surface area contributed by atoms with Crippen molar-refractivity contribution in [1.82, 2.24) is 25.1 Å². The topological polar surface area (TPSA) is 121 Å². The van der Waals surface area contributed by atoms with E-state index >= 15 is 4.39 Å². The van der Waals surface area contributed by atoms with Crippen molar-refractivity contribution in [3.63, 3.8) is 0 Å². The fourth-order valence-corrected chi connectivity index (χ4v) is 6.42. The van der Waals surface area contributed by atoms with Crippen molar-refractivity contribution in [2.24, 2.45) is 0 Å². The molecule has 0 aliphatic carbocycles. The lowest BCUT2D eigenvalue weighted by Crippen LogP contribution is -2.47. The predicted octanol–water partition coefficient (Wildman–Crippen LogP) is 7.58. The van der Waals surface area contributed by atoms with Gasteiger partial charge in [-0.15, -0.1) is 0 Å². The Balaban J connectivity index is 1.33. The van der Waals surface area contributed by atoms with Crippen LogP contribution in [0.4, 0.5) is 32.3 Å². The summed E-state index contributed by atoms with van der Waals surface area (Å²) in [5.74, 6) is 0.751. The number of piperazine rings is 1. The summed E-state index contributed by atoms with van der Waals surface area (Å²) in [7, 11) is 1.51. The second kappa shape index (κ2) is 20.4. The van der Waals surface area contributed by atoms with Crippen LogP contribution in [0.5, 0.6) is 17.2 Å². The number of methoxy groups -OCH3 is 1. The van der Waals surface area contributed by atoms with Crippen LogP contribution in [-0.4, -0.2) is 91.3 Å². The largest absolute Gasteiger partial charge is 0.495 e. The number of anilines is 4. The highest BCUT2D eigenvalue weighted by molar-refractivity contribution is 5.98. The first-order valence-electron chi connectivity index (χ1n) is 19.2. The SMILES string of the molecule is CCCCNC(=O)CCc1ccc(N(C(=O)Oc2c(C)cccc2C)c2ccnc(Nc3ccc(OCCN4CCN(CCC)CC4)c(F)c3)n2)c(OC)c1. The lowest BCUT2D eigenvalue weighted by molar-refractivity contribution is -0.121. The van der Waals surface area contributed by atoms with Gasteiger partial charge in [0.25, 0.3) is 0 Å². The first kappa shape index (κ1) is 40.9. The van der Waals surface area contributed by atoms with Crippen LogP contribution in [0.3, 0.4) is 0 Å². The predicted molar refractivity (Wildman–Crippen MR) is 214 cm³/mol. The van der Waals surface area contributed by atoms with E-state index < -0.39 is 11.9 Å². The number of nitrogens with one attached hydrogen (secondary N) is 2. The third kappa shape index (κ3) is 11.6. The van der Waals surface area contributed by atoms with Crippen molar-refractivity contribution in [1.29, 1.82) is 0 Å². The fraction of sp³-hybridized carbons (Fsp3) is 0.429. The van der Waals surface area contributed by atoms with E-state index in [1.165, 1.54) is 24.3 Å². The van der Waals surface area contributed by atoms with Gasteiger partial charge >= 0.3 is 6.09 Å². The van der Waals surface area contributed by atoms with Crippen molar-refractivity contribution in [3.8, 4) is 17.2 Å². The fourth-order valence-electron chi connectivity index (χ4n) is 6.42. The smallest absolute Gasteiger partial charge is 0.425 e. The quantitative estimate of drug-likeness (QED) is 0.0984. The van der Waals surface area contributed by atoms with E-state index in [1.54, 1.807) is 30.3 Å². The van der Waals surface area contributed by atoms with Gasteiger partial charge in [0.1, 0.15) is 23.9 Å². The van der Waals surface area contributed by atoms with E-state index in [0.29, 0.717) is 48.9 Å². The Morgan fingerprint density at radius 3 is 2.35 bits per heavy atom. The molecule has 2 N–H and O–H groups in total. The van der Waals surface area contributed by atoms with Gasteiger partial charge in [0, 0.05) is 69.7 Å². The summed E-state index contributed by atoms with van der Waals surface area (Å²) in [5, 5.41) is 6.00. The molecule has 4 aromatic rings. The monoisotopic (exact) mass is 755 g/mol. The molecule has 1 saturated heterocycles. The number of carbonyl (C=O) groups excluding carboxylic acids is 2. The molecule has 13 heteroatoms. The average molecular weight is 756 g/mol. The van der Waals surface area contributed by atoms with Crippen LogP contribution in [0.15, 0.2) is 66.9 Å². The van der Waals surface area contributed by atoms with Crippen molar-refractivity contribution >= 4 is 35.1 Å². The van der Waals surface area contributed by atoms with E-state index in [4.69, 9.17) is 14.2 Å². The Morgan fingerprint density at radius 1 is 0.909 bits per heavy atom. The number of hydrogen-bond donors (Lipinski definition) is 2. The summed E-state index contributed by atoms with van der Waals surface area (Å²) in [4.78, 5) is 41.6. The van der Waals surface area contributed by atoms with Crippen LogP contribution in [0.25, 0.3) is 0 Å². The highest BCUT2D eigenvalue weighted by atomic mass is 19.1. The molecule has 0 atom stereocenters. The maximum absolute atomic E-state index is 15.2. The molecule has 1 fully saturated rings. The Morgan fingerprint density at radius 2 is 1.65 bits per heavy atom. The summed E-state index contributed by atoms with van der Waals surface area (Å²) >= 11 is 0. The standard InChI is InChI=1S/C42H54FN7O5/c1-6-8-19-44-39(51)17-13-32-12-15-35(37(28-32)53-5)50(42(52)55-40-30(3)10-9-11-31(40)4)38-18-20-45-41(47-38)46-33-14-16-36(34(43)29-33)54-27-26-49-24-22-48(21-7-2)23-25-49/h9-12,14-16,18,20,28-29H,6-8,13,17,19,21-27H2,1-5H3,(H,44,51)(H,45,46,47). The third-order valence-corrected chi connectivity index (χ3v) is 9.49. The van der Waals surface area contributed by atoms with E-state index in [9.17, 15) is 9.59 Å². The van der Waals surface area contributed by atoms with Gasteiger partial charge in [0.15, 0.2) is 11.6 Å². The van der Waals surface area contributed by atoms with Crippen LogP contribution in [-0.2, 0) is 11.2 Å². The molecule has 0 spiro atoms. The zero-order valence-electron chi connectivity index (χ0n) is 32.7. The molecule has 0 bridgehead atoms. The van der Waals surface area contributed by atoms with Gasteiger partial charge in [-0.05, 0) is 80.6 Å². The summed E-state index contributed by atoms with van der Waals surface area (Å²) in [6.07, 6.45) is 4.66. The highest BCUT2D eigenvalue weighted by Gasteiger charge is 2.27. The van der Waals surface area contributed by atoms with Crippen molar-refractivity contribution in [3.05, 3.63) is 89.4 Å². The zero-order valence-corrected chi connectivity index (χ0v) is 32.7. The van der Waals surface area contributed by atoms with Gasteiger partial charge in [-0.2, -0.15) is 4.98 Å². The summed E-state index contributed by atoms with van der Waals surface area (Å²) in [6, 6.07) is 17.2. The molecule has 294 valence electrons. The molecule has 1 aliphatic rings. The Hall–Kier alpha value is -5.27. The molecule has 3 aromatic carbocycles. The minimum atomic E-state index is -0.723. The Labute approximate surface area is 324 Å². The summed E-state index contributed by atoms with van der Waals surface area (Å²) in [6.45, 7) is 14.9. The second-order valence-corrected chi connectivity index (χ2v) is 13.7. The number of unbranched alkanes of at least 4 members (excludes halogenated alkanes) is 1. The number of aryl methyl sites for hydroxylation is 3. The molecule has 12 nitrogen and oxygen atoms in total.